The van der Waals surface area contributed by atoms with Crippen LogP contribution in [0.15, 0.2) is 29.3 Å². The van der Waals surface area contributed by atoms with Crippen LogP contribution in [-0.4, -0.2) is 11.5 Å². The Kier molecular flexibility index (Phi) is 8.22. The molecule has 0 amide bonds. The molecular formula is C12H15Br3S2. The second-order valence-corrected chi connectivity index (χ2v) is 8.22. The second kappa shape index (κ2) is 8.51. The van der Waals surface area contributed by atoms with Crippen LogP contribution in [0.2, 0.25) is 0 Å². The van der Waals surface area contributed by atoms with Gasteiger partial charge in [-0.1, -0.05) is 13.8 Å². The maximum absolute atomic E-state index is 3.74. The molecule has 0 aromatic heterocycles. The molecule has 0 fully saturated rings. The fraction of sp³-hybridized carbons (Fsp3) is 0.500. The van der Waals surface area contributed by atoms with E-state index in [-0.39, 0.29) is 0 Å². The normalized spacial score (nSPS) is 10.9. The van der Waals surface area contributed by atoms with Gasteiger partial charge in [-0.05, 0) is 78.2 Å². The van der Waals surface area contributed by atoms with E-state index in [4.69, 9.17) is 0 Å². The summed E-state index contributed by atoms with van der Waals surface area (Å²) in [7, 11) is 0. The minimum Gasteiger partial charge on any atom is -0.124 e. The van der Waals surface area contributed by atoms with E-state index in [1.165, 1.54) is 27.1 Å². The molecule has 5 heteroatoms. The summed E-state index contributed by atoms with van der Waals surface area (Å²) in [4.78, 5) is 2.63. The average molecular weight is 463 g/mol. The fourth-order valence-corrected chi connectivity index (χ4v) is 6.45. The van der Waals surface area contributed by atoms with Crippen LogP contribution in [0.3, 0.4) is 0 Å². The Morgan fingerprint density at radius 2 is 1.29 bits per heavy atom. The lowest BCUT2D eigenvalue weighted by molar-refractivity contribution is 1.09. The van der Waals surface area contributed by atoms with E-state index in [1.807, 2.05) is 23.5 Å². The van der Waals surface area contributed by atoms with Gasteiger partial charge in [0.2, 0.25) is 0 Å². The number of hydrogen-bond donors (Lipinski definition) is 0. The van der Waals surface area contributed by atoms with Crippen LogP contribution in [0.4, 0.5) is 0 Å². The topological polar surface area (TPSA) is 0 Å². The summed E-state index contributed by atoms with van der Waals surface area (Å²) in [6.45, 7) is 4.42. The van der Waals surface area contributed by atoms with E-state index in [1.54, 1.807) is 0 Å². The minimum atomic E-state index is 1.15. The number of benzene rings is 1. The Morgan fingerprint density at radius 3 is 1.65 bits per heavy atom. The zero-order valence-corrected chi connectivity index (χ0v) is 16.2. The first-order valence-electron chi connectivity index (χ1n) is 5.54. The first-order valence-corrected chi connectivity index (χ1v) is 9.89. The maximum atomic E-state index is 3.74. The smallest absolute Gasteiger partial charge is 0.0470 e. The zero-order chi connectivity index (χ0) is 12.8. The fourth-order valence-electron chi connectivity index (χ4n) is 1.23. The lowest BCUT2D eigenvalue weighted by atomic mass is 10.4. The molecule has 0 aliphatic rings. The van der Waals surface area contributed by atoms with Crippen molar-refractivity contribution < 1.29 is 0 Å². The standard InChI is InChI=1S/C12H15Br3S2/c1-3-5-16-11-8(13)7-9(14)12(10(11)15)17-6-4-2/h7H,3-6H2,1-2H3. The molecule has 1 aromatic rings. The molecular weight excluding hydrogens is 448 g/mol. The first-order chi connectivity index (χ1) is 8.11. The minimum absolute atomic E-state index is 1.15. The molecule has 0 radical (unpaired) electrons. The van der Waals surface area contributed by atoms with Crippen LogP contribution in [0.25, 0.3) is 0 Å². The van der Waals surface area contributed by atoms with Crippen molar-refractivity contribution >= 4 is 71.3 Å². The van der Waals surface area contributed by atoms with E-state index in [2.05, 4.69) is 67.7 Å². The van der Waals surface area contributed by atoms with Gasteiger partial charge in [-0.15, -0.1) is 23.5 Å². The van der Waals surface area contributed by atoms with Crippen molar-refractivity contribution in [3.8, 4) is 0 Å². The van der Waals surface area contributed by atoms with Crippen LogP contribution >= 0.6 is 71.3 Å². The van der Waals surface area contributed by atoms with Crippen LogP contribution in [0, 0.1) is 0 Å². The predicted octanol–water partition coefficient (Wildman–Crippen LogP) is 6.98. The summed E-state index contributed by atoms with van der Waals surface area (Å²) in [5, 5.41) is 0. The molecule has 1 rings (SSSR count). The van der Waals surface area contributed by atoms with Gasteiger partial charge >= 0.3 is 0 Å². The Labute approximate surface area is 137 Å². The third-order valence-electron chi connectivity index (χ3n) is 1.99. The molecule has 0 spiro atoms. The lowest BCUT2D eigenvalue weighted by Crippen LogP contribution is -1.87. The summed E-state index contributed by atoms with van der Waals surface area (Å²) in [5.41, 5.74) is 0. The number of halogens is 3. The molecule has 17 heavy (non-hydrogen) atoms. The Bertz CT molecular complexity index is 348. The quantitative estimate of drug-likeness (QED) is 0.418. The number of thioether (sulfide) groups is 2. The van der Waals surface area contributed by atoms with Crippen molar-refractivity contribution in [1.82, 2.24) is 0 Å². The van der Waals surface area contributed by atoms with Crippen LogP contribution in [0.5, 0.6) is 0 Å². The molecule has 0 unspecified atom stereocenters. The van der Waals surface area contributed by atoms with Gasteiger partial charge in [0.05, 0.1) is 0 Å². The van der Waals surface area contributed by atoms with Crippen LogP contribution in [0.1, 0.15) is 26.7 Å². The largest absolute Gasteiger partial charge is 0.124 e. The van der Waals surface area contributed by atoms with Gasteiger partial charge < -0.3 is 0 Å². The molecule has 1 aromatic carbocycles. The summed E-state index contributed by atoms with van der Waals surface area (Å²) < 4.78 is 3.54. The van der Waals surface area contributed by atoms with Gasteiger partial charge in [0.15, 0.2) is 0 Å². The van der Waals surface area contributed by atoms with Gasteiger partial charge in [-0.25, -0.2) is 0 Å². The summed E-state index contributed by atoms with van der Waals surface area (Å²) in [6, 6.07) is 2.15. The highest BCUT2D eigenvalue weighted by atomic mass is 79.9. The van der Waals surface area contributed by atoms with E-state index in [0.29, 0.717) is 0 Å². The molecule has 0 saturated heterocycles. The van der Waals surface area contributed by atoms with Gasteiger partial charge in [-0.3, -0.25) is 0 Å². The number of hydrogen-bond acceptors (Lipinski definition) is 2. The molecule has 0 aliphatic heterocycles. The second-order valence-electron chi connectivity index (χ2n) is 3.51. The van der Waals surface area contributed by atoms with Gasteiger partial charge in [-0.2, -0.15) is 0 Å². The predicted molar refractivity (Wildman–Crippen MR) is 91.6 cm³/mol. The number of rotatable bonds is 6. The van der Waals surface area contributed by atoms with Crippen molar-refractivity contribution in [3.05, 3.63) is 19.5 Å². The Hall–Kier alpha value is 1.36. The monoisotopic (exact) mass is 460 g/mol. The van der Waals surface area contributed by atoms with Crippen molar-refractivity contribution in [2.45, 2.75) is 36.5 Å². The van der Waals surface area contributed by atoms with E-state index in [0.717, 1.165) is 20.5 Å². The Balaban J connectivity index is 3.04. The van der Waals surface area contributed by atoms with Crippen LogP contribution < -0.4 is 0 Å². The third-order valence-corrected chi connectivity index (χ3v) is 7.73. The summed E-state index contributed by atoms with van der Waals surface area (Å²) in [6.07, 6.45) is 2.38. The summed E-state index contributed by atoms with van der Waals surface area (Å²) in [5.74, 6) is 2.30. The average Bonchev–Trinajstić information content (AvgIpc) is 2.28. The van der Waals surface area contributed by atoms with Gasteiger partial charge in [0, 0.05) is 23.2 Å². The van der Waals surface area contributed by atoms with Crippen molar-refractivity contribution in [1.29, 1.82) is 0 Å². The third kappa shape index (κ3) is 4.75. The van der Waals surface area contributed by atoms with Crippen molar-refractivity contribution in [3.63, 3.8) is 0 Å². The molecule has 0 heterocycles. The highest BCUT2D eigenvalue weighted by Crippen LogP contribution is 2.44. The van der Waals surface area contributed by atoms with Crippen LogP contribution in [-0.2, 0) is 0 Å². The zero-order valence-electron chi connectivity index (χ0n) is 9.86. The van der Waals surface area contributed by atoms with Gasteiger partial charge in [0.25, 0.3) is 0 Å². The Morgan fingerprint density at radius 1 is 0.882 bits per heavy atom. The lowest BCUT2D eigenvalue weighted by Gasteiger charge is -2.13. The van der Waals surface area contributed by atoms with E-state index >= 15 is 0 Å². The molecule has 0 nitrogen and oxygen atoms in total. The molecule has 0 bridgehead atoms. The van der Waals surface area contributed by atoms with E-state index < -0.39 is 0 Å². The summed E-state index contributed by atoms with van der Waals surface area (Å²) >= 11 is 14.8. The SMILES string of the molecule is CCCSc1c(Br)cc(Br)c(SCCC)c1Br. The van der Waals surface area contributed by atoms with Gasteiger partial charge in [0.1, 0.15) is 0 Å². The van der Waals surface area contributed by atoms with E-state index in [9.17, 15) is 0 Å². The highest BCUT2D eigenvalue weighted by Gasteiger charge is 2.14. The molecule has 96 valence electrons. The molecule has 0 atom stereocenters. The molecule has 0 aliphatic carbocycles. The van der Waals surface area contributed by atoms with Crippen molar-refractivity contribution in [2.75, 3.05) is 11.5 Å². The molecule has 0 N–H and O–H groups in total. The highest BCUT2D eigenvalue weighted by molar-refractivity contribution is 9.11. The maximum Gasteiger partial charge on any atom is 0.0470 e. The molecule has 0 saturated carbocycles. The first kappa shape index (κ1) is 16.4. The van der Waals surface area contributed by atoms with Crippen molar-refractivity contribution in [2.24, 2.45) is 0 Å².